The molecule has 0 aromatic carbocycles. The monoisotopic (exact) mass is 358 g/mol. The van der Waals surface area contributed by atoms with Crippen LogP contribution in [0.2, 0.25) is 0 Å². The molecule has 2 unspecified atom stereocenters. The molecule has 24 heavy (non-hydrogen) atoms. The lowest BCUT2D eigenvalue weighted by molar-refractivity contribution is 0.00751. The van der Waals surface area contributed by atoms with Crippen LogP contribution in [0.15, 0.2) is 0 Å². The molecule has 1 aliphatic carbocycles. The normalized spacial score (nSPS) is 28.4. The van der Waals surface area contributed by atoms with E-state index in [2.05, 4.69) is 11.6 Å². The van der Waals surface area contributed by atoms with Gasteiger partial charge in [-0.2, -0.15) is 0 Å². The van der Waals surface area contributed by atoms with Gasteiger partial charge in [0, 0.05) is 24.4 Å². The predicted octanol–water partition coefficient (Wildman–Crippen LogP) is 3.46. The number of carbonyl (C=O) groups is 1. The van der Waals surface area contributed by atoms with Crippen LogP contribution in [0.1, 0.15) is 67.2 Å². The van der Waals surface area contributed by atoms with Gasteiger partial charge in [0.2, 0.25) is 0 Å². The summed E-state index contributed by atoms with van der Waals surface area (Å²) in [6, 6.07) is 0.279. The molecule has 2 rings (SSSR count). The average molecular weight is 359 g/mol. The first-order valence-electron chi connectivity index (χ1n) is 9.19. The molecule has 1 spiro atoms. The topological polar surface area (TPSA) is 58.6 Å². The van der Waals surface area contributed by atoms with E-state index in [4.69, 9.17) is 4.74 Å². The molecule has 1 saturated heterocycles. The lowest BCUT2D eigenvalue weighted by Crippen LogP contribution is -2.53. The first kappa shape index (κ1) is 19.7. The number of amides is 1. The van der Waals surface area contributed by atoms with Crippen LogP contribution in [0.5, 0.6) is 0 Å². The van der Waals surface area contributed by atoms with Crippen molar-refractivity contribution in [2.75, 3.05) is 13.1 Å². The second-order valence-electron chi connectivity index (χ2n) is 8.79. The third-order valence-electron chi connectivity index (χ3n) is 5.41. The molecule has 0 bridgehead atoms. The molecule has 1 heterocycles. The second kappa shape index (κ2) is 7.32. The number of ether oxygens (including phenoxy) is 1. The van der Waals surface area contributed by atoms with E-state index in [1.54, 1.807) is 0 Å². The maximum absolute atomic E-state index is 12.3. The Morgan fingerprint density at radius 3 is 2.33 bits per heavy atom. The highest BCUT2D eigenvalue weighted by atomic mass is 32.2. The van der Waals surface area contributed by atoms with Crippen LogP contribution in [0.4, 0.5) is 4.79 Å². The van der Waals surface area contributed by atoms with E-state index in [0.717, 1.165) is 32.4 Å². The van der Waals surface area contributed by atoms with Crippen molar-refractivity contribution in [2.24, 2.45) is 11.3 Å². The van der Waals surface area contributed by atoms with E-state index in [1.165, 1.54) is 6.42 Å². The Kier molecular flexibility index (Phi) is 6.01. The largest absolute Gasteiger partial charge is 0.444 e. The first-order chi connectivity index (χ1) is 11.0. The van der Waals surface area contributed by atoms with Gasteiger partial charge in [-0.15, -0.1) is 0 Å². The highest BCUT2D eigenvalue weighted by molar-refractivity contribution is 7.83. The Bertz CT molecular complexity index is 479. The second-order valence-corrected chi connectivity index (χ2v) is 10.6. The number of nitrogens with one attached hydrogen (secondary N) is 1. The summed E-state index contributed by atoms with van der Waals surface area (Å²) in [6.45, 7) is 13.4. The van der Waals surface area contributed by atoms with Gasteiger partial charge in [0.1, 0.15) is 5.60 Å². The van der Waals surface area contributed by atoms with Gasteiger partial charge < -0.3 is 9.64 Å². The van der Waals surface area contributed by atoms with Crippen LogP contribution in [-0.2, 0) is 15.7 Å². The minimum absolute atomic E-state index is 0.122. The lowest BCUT2D eigenvalue weighted by Gasteiger charge is -2.44. The molecule has 2 aliphatic rings. The standard InChI is InChI=1S/C18H34N2O3S/c1-13(2)24(22)19-15-14(3)7-8-18(15)9-11-20(12-10-18)16(21)23-17(4,5)6/h13-15,19H,7-12H2,1-6H3/t14?,15-,24?/m1/s1. The van der Waals surface area contributed by atoms with Crippen LogP contribution >= 0.6 is 0 Å². The number of likely N-dealkylation sites (tertiary alicyclic amines) is 1. The molecule has 6 heteroatoms. The number of carbonyl (C=O) groups excluding carboxylic acids is 1. The zero-order chi connectivity index (χ0) is 18.1. The van der Waals surface area contributed by atoms with Crippen molar-refractivity contribution in [1.29, 1.82) is 0 Å². The Morgan fingerprint density at radius 2 is 1.83 bits per heavy atom. The van der Waals surface area contributed by atoms with Gasteiger partial charge in [0.05, 0.1) is 11.0 Å². The summed E-state index contributed by atoms with van der Waals surface area (Å²) >= 11 is 0. The summed E-state index contributed by atoms with van der Waals surface area (Å²) < 4.78 is 21.2. The van der Waals surface area contributed by atoms with E-state index < -0.39 is 16.6 Å². The quantitative estimate of drug-likeness (QED) is 0.840. The fourth-order valence-corrected chi connectivity index (χ4v) is 4.97. The molecular formula is C18H34N2O3S. The molecule has 0 radical (unpaired) electrons. The highest BCUT2D eigenvalue weighted by Gasteiger charge is 2.49. The summed E-state index contributed by atoms with van der Waals surface area (Å²) in [7, 11) is -0.996. The molecule has 140 valence electrons. The number of nitrogens with zero attached hydrogens (tertiary/aromatic N) is 1. The first-order valence-corrected chi connectivity index (χ1v) is 10.4. The van der Waals surface area contributed by atoms with Crippen LogP contribution in [-0.4, -0.2) is 45.2 Å². The minimum Gasteiger partial charge on any atom is -0.444 e. The maximum atomic E-state index is 12.3. The molecule has 3 atom stereocenters. The summed E-state index contributed by atoms with van der Waals surface area (Å²) in [5.74, 6) is 0.528. The van der Waals surface area contributed by atoms with Gasteiger partial charge in [0.25, 0.3) is 0 Å². The molecule has 5 nitrogen and oxygen atoms in total. The van der Waals surface area contributed by atoms with Crippen molar-refractivity contribution < 1.29 is 13.7 Å². The van der Waals surface area contributed by atoms with Gasteiger partial charge in [0.15, 0.2) is 0 Å². The van der Waals surface area contributed by atoms with Gasteiger partial charge >= 0.3 is 6.09 Å². The molecule has 0 aromatic rings. The fraction of sp³-hybridized carbons (Fsp3) is 0.944. The predicted molar refractivity (Wildman–Crippen MR) is 98.1 cm³/mol. The van der Waals surface area contributed by atoms with Crippen molar-refractivity contribution >= 4 is 17.1 Å². The summed E-state index contributed by atoms with van der Waals surface area (Å²) in [5, 5.41) is 0.122. The van der Waals surface area contributed by atoms with Crippen LogP contribution in [0.3, 0.4) is 0 Å². The fourth-order valence-electron chi connectivity index (χ4n) is 3.97. The number of hydrogen-bond acceptors (Lipinski definition) is 3. The molecule has 1 aliphatic heterocycles. The van der Waals surface area contributed by atoms with Gasteiger partial charge in [-0.1, -0.05) is 6.92 Å². The van der Waals surface area contributed by atoms with Crippen LogP contribution in [0.25, 0.3) is 0 Å². The molecule has 0 aromatic heterocycles. The third kappa shape index (κ3) is 4.51. The van der Waals surface area contributed by atoms with Gasteiger partial charge in [-0.05, 0) is 71.6 Å². The Hall–Kier alpha value is -0.620. The van der Waals surface area contributed by atoms with Crippen molar-refractivity contribution in [2.45, 2.75) is 84.1 Å². The lowest BCUT2D eigenvalue weighted by atomic mass is 9.73. The zero-order valence-electron chi connectivity index (χ0n) is 16.1. The maximum Gasteiger partial charge on any atom is 0.410 e. The van der Waals surface area contributed by atoms with E-state index in [9.17, 15) is 9.00 Å². The van der Waals surface area contributed by atoms with Crippen molar-refractivity contribution in [1.82, 2.24) is 9.62 Å². The minimum atomic E-state index is -0.996. The molecule has 1 N–H and O–H groups in total. The smallest absolute Gasteiger partial charge is 0.410 e. The third-order valence-corrected chi connectivity index (χ3v) is 6.75. The van der Waals surface area contributed by atoms with Crippen molar-refractivity contribution in [3.8, 4) is 0 Å². The van der Waals surface area contributed by atoms with E-state index in [-0.39, 0.29) is 22.8 Å². The molecule has 2 fully saturated rings. The van der Waals surface area contributed by atoms with Crippen LogP contribution < -0.4 is 4.72 Å². The molecule has 1 amide bonds. The van der Waals surface area contributed by atoms with Gasteiger partial charge in [-0.25, -0.2) is 13.7 Å². The average Bonchev–Trinajstić information content (AvgIpc) is 2.75. The number of rotatable bonds is 3. The highest BCUT2D eigenvalue weighted by Crippen LogP contribution is 2.49. The van der Waals surface area contributed by atoms with Crippen molar-refractivity contribution in [3.05, 3.63) is 0 Å². The molecular weight excluding hydrogens is 324 g/mol. The summed E-state index contributed by atoms with van der Waals surface area (Å²) in [5.41, 5.74) is -0.283. The Labute approximate surface area is 149 Å². The Balaban J connectivity index is 2.00. The van der Waals surface area contributed by atoms with Crippen LogP contribution in [0, 0.1) is 11.3 Å². The molecule has 1 saturated carbocycles. The number of hydrogen-bond donors (Lipinski definition) is 1. The van der Waals surface area contributed by atoms with E-state index in [0.29, 0.717) is 5.92 Å². The Morgan fingerprint density at radius 1 is 1.25 bits per heavy atom. The SMILES string of the molecule is CC1CCC2(CCN(C(=O)OC(C)(C)C)CC2)[C@@H]1NS(=O)C(C)C. The van der Waals surface area contributed by atoms with Gasteiger partial charge in [-0.3, -0.25) is 0 Å². The summed E-state index contributed by atoms with van der Waals surface area (Å²) in [4.78, 5) is 14.1. The number of piperidine rings is 1. The summed E-state index contributed by atoms with van der Waals surface area (Å²) in [6.07, 6.45) is 4.04. The van der Waals surface area contributed by atoms with E-state index in [1.807, 2.05) is 39.5 Å². The van der Waals surface area contributed by atoms with E-state index >= 15 is 0 Å². The van der Waals surface area contributed by atoms with Crippen molar-refractivity contribution in [3.63, 3.8) is 0 Å². The zero-order valence-corrected chi connectivity index (χ0v) is 16.9.